The van der Waals surface area contributed by atoms with Crippen LogP contribution in [0.4, 0.5) is 4.39 Å². The third-order valence-electron chi connectivity index (χ3n) is 3.73. The Labute approximate surface area is 123 Å². The molecule has 0 aliphatic carbocycles. The fraction of sp³-hybridized carbons (Fsp3) is 0.375. The first kappa shape index (κ1) is 13.9. The zero-order valence-corrected chi connectivity index (χ0v) is 11.8. The van der Waals surface area contributed by atoms with Crippen LogP contribution in [0.2, 0.25) is 0 Å². The van der Waals surface area contributed by atoms with Gasteiger partial charge in [-0.2, -0.15) is 0 Å². The maximum atomic E-state index is 13.5. The van der Waals surface area contributed by atoms with Gasteiger partial charge in [0.1, 0.15) is 12.4 Å². The van der Waals surface area contributed by atoms with Gasteiger partial charge in [-0.3, -0.25) is 4.98 Å². The van der Waals surface area contributed by atoms with Gasteiger partial charge in [0.2, 0.25) is 5.88 Å². The molecule has 1 aliphatic heterocycles. The number of nitrogens with one attached hydrogen (secondary N) is 1. The summed E-state index contributed by atoms with van der Waals surface area (Å²) in [6, 6.07) is 7.41. The number of halogens is 1. The molecule has 0 bridgehead atoms. The lowest BCUT2D eigenvalue weighted by Gasteiger charge is -2.22. The van der Waals surface area contributed by atoms with Crippen LogP contribution in [0, 0.1) is 5.82 Å². The van der Waals surface area contributed by atoms with Crippen LogP contribution in [0.5, 0.6) is 5.88 Å². The molecule has 110 valence electrons. The number of ether oxygens (including phenoxy) is 1. The molecule has 0 spiro atoms. The highest BCUT2D eigenvalue weighted by atomic mass is 19.1. The quantitative estimate of drug-likeness (QED) is 0.939. The van der Waals surface area contributed by atoms with Crippen LogP contribution < -0.4 is 10.1 Å². The van der Waals surface area contributed by atoms with E-state index in [1.165, 1.54) is 6.20 Å². The lowest BCUT2D eigenvalue weighted by molar-refractivity contribution is 0.285. The maximum Gasteiger partial charge on any atom is 0.213 e. The molecule has 0 saturated carbocycles. The Kier molecular flexibility index (Phi) is 4.40. The van der Waals surface area contributed by atoms with Crippen LogP contribution in [0.15, 0.2) is 36.7 Å². The van der Waals surface area contributed by atoms with Crippen LogP contribution in [0.3, 0.4) is 0 Å². The monoisotopic (exact) mass is 287 g/mol. The molecule has 3 heterocycles. The zero-order chi connectivity index (χ0) is 14.5. The minimum Gasteiger partial charge on any atom is -0.473 e. The van der Waals surface area contributed by atoms with E-state index in [9.17, 15) is 4.39 Å². The van der Waals surface area contributed by atoms with Gasteiger partial charge in [0.15, 0.2) is 0 Å². The van der Waals surface area contributed by atoms with Crippen LogP contribution in [0.25, 0.3) is 0 Å². The summed E-state index contributed by atoms with van der Waals surface area (Å²) in [7, 11) is 0. The lowest BCUT2D eigenvalue weighted by atomic mass is 9.94. The number of nitrogens with zero attached hydrogens (tertiary/aromatic N) is 2. The van der Waals surface area contributed by atoms with E-state index in [4.69, 9.17) is 4.74 Å². The van der Waals surface area contributed by atoms with Crippen molar-refractivity contribution in [3.63, 3.8) is 0 Å². The van der Waals surface area contributed by atoms with E-state index in [1.807, 2.05) is 18.2 Å². The molecule has 0 atom stereocenters. The van der Waals surface area contributed by atoms with Crippen molar-refractivity contribution in [1.82, 2.24) is 15.3 Å². The number of piperidine rings is 1. The molecular formula is C16H18FN3O. The van der Waals surface area contributed by atoms with E-state index in [0.29, 0.717) is 17.4 Å². The van der Waals surface area contributed by atoms with Gasteiger partial charge in [-0.15, -0.1) is 0 Å². The summed E-state index contributed by atoms with van der Waals surface area (Å²) >= 11 is 0. The van der Waals surface area contributed by atoms with Gasteiger partial charge in [-0.05, 0) is 38.1 Å². The molecule has 0 aromatic carbocycles. The number of pyridine rings is 2. The Morgan fingerprint density at radius 3 is 2.90 bits per heavy atom. The maximum absolute atomic E-state index is 13.5. The van der Waals surface area contributed by atoms with Gasteiger partial charge < -0.3 is 10.1 Å². The van der Waals surface area contributed by atoms with Gasteiger partial charge >= 0.3 is 0 Å². The number of aromatic nitrogens is 2. The first-order valence-electron chi connectivity index (χ1n) is 7.22. The summed E-state index contributed by atoms with van der Waals surface area (Å²) in [5, 5.41) is 3.35. The second-order valence-corrected chi connectivity index (χ2v) is 5.18. The average Bonchev–Trinajstić information content (AvgIpc) is 2.55. The van der Waals surface area contributed by atoms with Crippen molar-refractivity contribution in [2.75, 3.05) is 13.1 Å². The summed E-state index contributed by atoms with van der Waals surface area (Å²) in [6.45, 7) is 2.22. The summed E-state index contributed by atoms with van der Waals surface area (Å²) in [5.74, 6) is 0.668. The minimum atomic E-state index is -0.355. The Morgan fingerprint density at radius 2 is 2.10 bits per heavy atom. The van der Waals surface area contributed by atoms with Gasteiger partial charge in [-0.1, -0.05) is 6.07 Å². The molecule has 1 fully saturated rings. The standard InChI is InChI=1S/C16H18FN3O/c17-14-10-19-9-6-13(14)11-21-16-3-1-2-15(20-16)12-4-7-18-8-5-12/h1-3,6,9-10,12,18H,4-5,7-8,11H2. The van der Waals surface area contributed by atoms with Gasteiger partial charge in [-0.25, -0.2) is 9.37 Å². The summed E-state index contributed by atoms with van der Waals surface area (Å²) in [6.07, 6.45) is 4.93. The van der Waals surface area contributed by atoms with Gasteiger partial charge in [0, 0.05) is 29.4 Å². The summed E-state index contributed by atoms with van der Waals surface area (Å²) < 4.78 is 19.1. The highest BCUT2D eigenvalue weighted by molar-refractivity contribution is 5.20. The van der Waals surface area contributed by atoms with Crippen molar-refractivity contribution in [2.24, 2.45) is 0 Å². The Hall–Kier alpha value is -2.01. The van der Waals surface area contributed by atoms with Crippen LogP contribution >= 0.6 is 0 Å². The number of rotatable bonds is 4. The third kappa shape index (κ3) is 3.55. The SMILES string of the molecule is Fc1cnccc1COc1cccc(C2CCNCC2)n1. The molecule has 3 rings (SSSR count). The fourth-order valence-corrected chi connectivity index (χ4v) is 2.53. The number of hydrogen-bond donors (Lipinski definition) is 1. The molecule has 0 amide bonds. The number of hydrogen-bond acceptors (Lipinski definition) is 4. The Bertz CT molecular complexity index is 600. The van der Waals surface area contributed by atoms with E-state index in [2.05, 4.69) is 15.3 Å². The predicted molar refractivity (Wildman–Crippen MR) is 77.6 cm³/mol. The predicted octanol–water partition coefficient (Wildman–Crippen LogP) is 2.66. The lowest BCUT2D eigenvalue weighted by Crippen LogP contribution is -2.27. The van der Waals surface area contributed by atoms with E-state index >= 15 is 0 Å². The first-order valence-corrected chi connectivity index (χ1v) is 7.22. The van der Waals surface area contributed by atoms with Crippen LogP contribution in [0.1, 0.15) is 30.0 Å². The van der Waals surface area contributed by atoms with Crippen molar-refractivity contribution < 1.29 is 9.13 Å². The van der Waals surface area contributed by atoms with Crippen molar-refractivity contribution in [3.8, 4) is 5.88 Å². The molecule has 1 N–H and O–H groups in total. The molecule has 0 radical (unpaired) electrons. The molecule has 5 heteroatoms. The smallest absolute Gasteiger partial charge is 0.213 e. The van der Waals surface area contributed by atoms with E-state index < -0.39 is 0 Å². The van der Waals surface area contributed by atoms with Crippen LogP contribution in [-0.4, -0.2) is 23.1 Å². The van der Waals surface area contributed by atoms with Crippen LogP contribution in [-0.2, 0) is 6.61 Å². The van der Waals surface area contributed by atoms with E-state index in [-0.39, 0.29) is 12.4 Å². The molecule has 21 heavy (non-hydrogen) atoms. The highest BCUT2D eigenvalue weighted by Gasteiger charge is 2.16. The largest absolute Gasteiger partial charge is 0.473 e. The van der Waals surface area contributed by atoms with Crippen molar-refractivity contribution in [1.29, 1.82) is 0 Å². The molecule has 2 aromatic rings. The van der Waals surface area contributed by atoms with E-state index in [1.54, 1.807) is 12.3 Å². The molecule has 0 unspecified atom stereocenters. The van der Waals surface area contributed by atoms with Crippen molar-refractivity contribution in [3.05, 3.63) is 53.7 Å². The topological polar surface area (TPSA) is 47.0 Å². The van der Waals surface area contributed by atoms with Gasteiger partial charge in [0.05, 0.1) is 6.20 Å². The highest BCUT2D eigenvalue weighted by Crippen LogP contribution is 2.25. The van der Waals surface area contributed by atoms with E-state index in [0.717, 1.165) is 31.6 Å². The third-order valence-corrected chi connectivity index (χ3v) is 3.73. The summed E-state index contributed by atoms with van der Waals surface area (Å²) in [4.78, 5) is 8.28. The second-order valence-electron chi connectivity index (χ2n) is 5.18. The molecule has 2 aromatic heterocycles. The molecular weight excluding hydrogens is 269 g/mol. The normalized spacial score (nSPS) is 15.9. The van der Waals surface area contributed by atoms with Crippen molar-refractivity contribution >= 4 is 0 Å². The minimum absolute atomic E-state index is 0.164. The first-order chi connectivity index (χ1) is 10.3. The molecule has 1 aliphatic rings. The summed E-state index contributed by atoms with van der Waals surface area (Å²) in [5.41, 5.74) is 1.54. The molecule has 4 nitrogen and oxygen atoms in total. The zero-order valence-electron chi connectivity index (χ0n) is 11.8. The van der Waals surface area contributed by atoms with Gasteiger partial charge in [0.25, 0.3) is 0 Å². The molecule has 1 saturated heterocycles. The van der Waals surface area contributed by atoms with Crippen molar-refractivity contribution in [2.45, 2.75) is 25.4 Å². The average molecular weight is 287 g/mol. The second kappa shape index (κ2) is 6.63. The Morgan fingerprint density at radius 1 is 1.24 bits per heavy atom. The fourth-order valence-electron chi connectivity index (χ4n) is 2.53. The Balaban J connectivity index is 1.67.